The number of likely N-dealkylation sites (tertiary alicyclic amines) is 1. The Hall–Kier alpha value is -0.770. The van der Waals surface area contributed by atoms with Gasteiger partial charge in [-0.3, -0.25) is 0 Å². The van der Waals surface area contributed by atoms with Crippen LogP contribution in [-0.2, 0) is 4.74 Å². The van der Waals surface area contributed by atoms with Crippen molar-refractivity contribution in [1.29, 1.82) is 0 Å². The minimum Gasteiger partial charge on any atom is -0.444 e. The summed E-state index contributed by atoms with van der Waals surface area (Å²) in [5.74, 6) is 0. The lowest BCUT2D eigenvalue weighted by Crippen LogP contribution is -2.47. The van der Waals surface area contributed by atoms with Gasteiger partial charge in [0.2, 0.25) is 0 Å². The third-order valence-electron chi connectivity index (χ3n) is 4.62. The van der Waals surface area contributed by atoms with Gasteiger partial charge >= 0.3 is 6.09 Å². The summed E-state index contributed by atoms with van der Waals surface area (Å²) in [7, 11) is 0. The van der Waals surface area contributed by atoms with Gasteiger partial charge in [0, 0.05) is 30.1 Å². The van der Waals surface area contributed by atoms with E-state index in [9.17, 15) is 4.79 Å². The average Bonchev–Trinajstić information content (AvgIpc) is 2.81. The molecule has 0 saturated carbocycles. The van der Waals surface area contributed by atoms with Crippen LogP contribution in [0.5, 0.6) is 0 Å². The molecule has 0 radical (unpaired) electrons. The Morgan fingerprint density at radius 3 is 2.40 bits per heavy atom. The summed E-state index contributed by atoms with van der Waals surface area (Å²) in [4.78, 5) is 14.0. The smallest absolute Gasteiger partial charge is 0.410 e. The predicted molar refractivity (Wildman–Crippen MR) is 80.8 cm³/mol. The monoisotopic (exact) mass is 282 g/mol. The van der Waals surface area contributed by atoms with Crippen molar-refractivity contribution in [2.45, 2.75) is 78.0 Å². The molecular formula is C16H30N2O2. The van der Waals surface area contributed by atoms with E-state index in [1.165, 1.54) is 12.8 Å². The van der Waals surface area contributed by atoms with E-state index >= 15 is 0 Å². The first kappa shape index (κ1) is 15.6. The Morgan fingerprint density at radius 1 is 1.25 bits per heavy atom. The van der Waals surface area contributed by atoms with E-state index in [1.54, 1.807) is 0 Å². The lowest BCUT2D eigenvalue weighted by atomic mass is 9.81. The maximum atomic E-state index is 12.2. The summed E-state index contributed by atoms with van der Waals surface area (Å²) in [5.41, 5.74) is -0.0125. The number of rotatable bonds is 1. The molecule has 2 aliphatic heterocycles. The molecule has 20 heavy (non-hydrogen) atoms. The summed E-state index contributed by atoms with van der Waals surface area (Å²) < 4.78 is 5.49. The number of carbonyl (C=O) groups is 1. The van der Waals surface area contributed by atoms with Gasteiger partial charge in [-0.25, -0.2) is 4.79 Å². The molecule has 2 saturated heterocycles. The zero-order valence-corrected chi connectivity index (χ0v) is 13.9. The van der Waals surface area contributed by atoms with E-state index in [-0.39, 0.29) is 17.0 Å². The first-order valence-electron chi connectivity index (χ1n) is 7.76. The van der Waals surface area contributed by atoms with E-state index in [0.717, 1.165) is 19.5 Å². The van der Waals surface area contributed by atoms with Gasteiger partial charge in [0.25, 0.3) is 0 Å². The molecule has 0 bridgehead atoms. The molecule has 2 rings (SSSR count). The molecule has 0 spiro atoms. The number of hydrogen-bond donors (Lipinski definition) is 1. The summed E-state index contributed by atoms with van der Waals surface area (Å²) in [6, 6.07) is 0.505. The lowest BCUT2D eigenvalue weighted by molar-refractivity contribution is 0.0268. The van der Waals surface area contributed by atoms with Crippen LogP contribution in [0.15, 0.2) is 0 Å². The van der Waals surface area contributed by atoms with E-state index in [4.69, 9.17) is 4.74 Å². The molecule has 2 unspecified atom stereocenters. The Labute approximate surface area is 123 Å². The fourth-order valence-electron chi connectivity index (χ4n) is 3.40. The highest BCUT2D eigenvalue weighted by Gasteiger charge is 2.46. The average molecular weight is 282 g/mol. The van der Waals surface area contributed by atoms with Gasteiger partial charge < -0.3 is 15.0 Å². The van der Waals surface area contributed by atoms with Gasteiger partial charge in [-0.05, 0) is 53.9 Å². The third-order valence-corrected chi connectivity index (χ3v) is 4.62. The van der Waals surface area contributed by atoms with Gasteiger partial charge in [0.15, 0.2) is 0 Å². The van der Waals surface area contributed by atoms with Crippen molar-refractivity contribution in [3.63, 3.8) is 0 Å². The van der Waals surface area contributed by atoms with Crippen LogP contribution in [0, 0.1) is 5.41 Å². The van der Waals surface area contributed by atoms with Crippen molar-refractivity contribution < 1.29 is 9.53 Å². The molecule has 0 aromatic heterocycles. The fourth-order valence-corrected chi connectivity index (χ4v) is 3.40. The van der Waals surface area contributed by atoms with E-state index in [2.05, 4.69) is 26.1 Å². The molecule has 2 aliphatic rings. The lowest BCUT2D eigenvalue weighted by Gasteiger charge is -2.33. The van der Waals surface area contributed by atoms with Crippen LogP contribution in [0.1, 0.15) is 60.8 Å². The number of nitrogens with one attached hydrogen (secondary N) is 1. The molecule has 2 fully saturated rings. The second-order valence-electron chi connectivity index (χ2n) is 8.43. The molecule has 4 heteroatoms. The van der Waals surface area contributed by atoms with Crippen LogP contribution in [0.4, 0.5) is 4.79 Å². The van der Waals surface area contributed by atoms with E-state index in [1.807, 2.05) is 25.7 Å². The van der Waals surface area contributed by atoms with Crippen LogP contribution in [0.2, 0.25) is 0 Å². The zero-order valence-electron chi connectivity index (χ0n) is 13.9. The van der Waals surface area contributed by atoms with Crippen LogP contribution >= 0.6 is 0 Å². The largest absolute Gasteiger partial charge is 0.444 e. The normalized spacial score (nSPS) is 33.5. The Balaban J connectivity index is 1.96. The standard InChI is InChI=1S/C16H30N2O2/c1-14(2,3)20-13(19)18-10-9-16(6,11-18)12-7-8-15(4,5)17-12/h12,17H,7-11H2,1-6H3. The first-order chi connectivity index (χ1) is 9.01. The molecule has 1 amide bonds. The predicted octanol–water partition coefficient (Wildman–Crippen LogP) is 3.16. The van der Waals surface area contributed by atoms with Crippen molar-refractivity contribution in [3.05, 3.63) is 0 Å². The van der Waals surface area contributed by atoms with Gasteiger partial charge in [0.05, 0.1) is 0 Å². The number of ether oxygens (including phenoxy) is 1. The van der Waals surface area contributed by atoms with Gasteiger partial charge in [-0.2, -0.15) is 0 Å². The Morgan fingerprint density at radius 2 is 1.90 bits per heavy atom. The van der Waals surface area contributed by atoms with Crippen LogP contribution in [0.25, 0.3) is 0 Å². The number of amides is 1. The molecule has 1 N–H and O–H groups in total. The minimum atomic E-state index is -0.413. The Kier molecular flexibility index (Phi) is 3.83. The van der Waals surface area contributed by atoms with Crippen molar-refractivity contribution in [2.24, 2.45) is 5.41 Å². The minimum absolute atomic E-state index is 0.168. The second-order valence-corrected chi connectivity index (χ2v) is 8.43. The Bertz CT molecular complexity index is 386. The maximum absolute atomic E-state index is 12.2. The van der Waals surface area contributed by atoms with Crippen molar-refractivity contribution in [1.82, 2.24) is 10.2 Å². The highest BCUT2D eigenvalue weighted by molar-refractivity contribution is 5.68. The fraction of sp³-hybridized carbons (Fsp3) is 0.938. The number of hydrogen-bond acceptors (Lipinski definition) is 3. The molecule has 116 valence electrons. The number of nitrogens with zero attached hydrogens (tertiary/aromatic N) is 1. The van der Waals surface area contributed by atoms with Crippen molar-refractivity contribution in [3.8, 4) is 0 Å². The summed E-state index contributed by atoms with van der Waals surface area (Å²) in [5, 5.41) is 3.74. The summed E-state index contributed by atoms with van der Waals surface area (Å²) >= 11 is 0. The topological polar surface area (TPSA) is 41.6 Å². The molecule has 2 heterocycles. The van der Waals surface area contributed by atoms with E-state index in [0.29, 0.717) is 6.04 Å². The van der Waals surface area contributed by atoms with Gasteiger partial charge in [-0.1, -0.05) is 6.92 Å². The zero-order chi connectivity index (χ0) is 15.2. The highest BCUT2D eigenvalue weighted by Crippen LogP contribution is 2.40. The van der Waals surface area contributed by atoms with Crippen LogP contribution in [-0.4, -0.2) is 41.3 Å². The quantitative estimate of drug-likeness (QED) is 0.803. The van der Waals surface area contributed by atoms with Crippen molar-refractivity contribution >= 4 is 6.09 Å². The van der Waals surface area contributed by atoms with Crippen LogP contribution in [0.3, 0.4) is 0 Å². The van der Waals surface area contributed by atoms with Crippen molar-refractivity contribution in [2.75, 3.05) is 13.1 Å². The van der Waals surface area contributed by atoms with Gasteiger partial charge in [0.1, 0.15) is 5.60 Å². The maximum Gasteiger partial charge on any atom is 0.410 e. The molecule has 0 aromatic carbocycles. The molecule has 0 aliphatic carbocycles. The van der Waals surface area contributed by atoms with Gasteiger partial charge in [-0.15, -0.1) is 0 Å². The first-order valence-corrected chi connectivity index (χ1v) is 7.76. The second kappa shape index (κ2) is 4.90. The van der Waals surface area contributed by atoms with Crippen LogP contribution < -0.4 is 5.32 Å². The SMILES string of the molecule is CC1(C)CCC(C2(C)CCN(C(=O)OC(C)(C)C)C2)N1. The molecular weight excluding hydrogens is 252 g/mol. The summed E-state index contributed by atoms with van der Waals surface area (Å²) in [6.45, 7) is 14.2. The third kappa shape index (κ3) is 3.46. The molecule has 2 atom stereocenters. The molecule has 4 nitrogen and oxygen atoms in total. The highest BCUT2D eigenvalue weighted by atomic mass is 16.6. The molecule has 0 aromatic rings. The number of carbonyl (C=O) groups excluding carboxylic acids is 1. The van der Waals surface area contributed by atoms with E-state index < -0.39 is 5.60 Å². The summed E-state index contributed by atoms with van der Waals surface area (Å²) in [6.07, 6.45) is 3.30.